The Balaban J connectivity index is 1.48. The van der Waals surface area contributed by atoms with Crippen LogP contribution in [-0.2, 0) is 19.8 Å². The van der Waals surface area contributed by atoms with Crippen molar-refractivity contribution in [2.45, 2.75) is 63.5 Å². The summed E-state index contributed by atoms with van der Waals surface area (Å²) >= 11 is 0. The van der Waals surface area contributed by atoms with Gasteiger partial charge in [-0.1, -0.05) is 6.07 Å². The number of benzene rings is 1. The van der Waals surface area contributed by atoms with E-state index in [-0.39, 0.29) is 18.6 Å². The van der Waals surface area contributed by atoms with Crippen LogP contribution in [0.3, 0.4) is 0 Å². The number of fused-ring (bicyclic) bond motifs is 2. The first-order valence-electron chi connectivity index (χ1n) is 13.8. The summed E-state index contributed by atoms with van der Waals surface area (Å²) in [5, 5.41) is 29.4. The molecule has 4 heterocycles. The maximum atomic E-state index is 13.0. The van der Waals surface area contributed by atoms with E-state index in [1.165, 1.54) is 0 Å². The number of hydrogen-bond donors (Lipinski definition) is 3. The molecule has 3 aromatic heterocycles. The molecule has 0 spiro atoms. The number of nitrogens with zero attached hydrogens (tertiary/aromatic N) is 5. The van der Waals surface area contributed by atoms with E-state index in [1.807, 2.05) is 24.3 Å². The van der Waals surface area contributed by atoms with Gasteiger partial charge in [0.15, 0.2) is 11.9 Å². The van der Waals surface area contributed by atoms with Crippen LogP contribution in [0.25, 0.3) is 21.8 Å². The highest BCUT2D eigenvalue weighted by Gasteiger charge is 2.43. The van der Waals surface area contributed by atoms with E-state index in [0.29, 0.717) is 46.5 Å². The minimum Gasteiger partial charge on any atom is -0.458 e. The van der Waals surface area contributed by atoms with Gasteiger partial charge in [0.05, 0.1) is 41.4 Å². The van der Waals surface area contributed by atoms with Crippen molar-refractivity contribution in [2.24, 2.45) is 0 Å². The molecule has 4 aromatic rings. The fourth-order valence-corrected chi connectivity index (χ4v) is 5.18. The van der Waals surface area contributed by atoms with E-state index in [4.69, 9.17) is 14.6 Å². The molecule has 1 fully saturated rings. The Labute approximate surface area is 242 Å². The van der Waals surface area contributed by atoms with Crippen LogP contribution in [0.2, 0.25) is 0 Å². The Hall–Kier alpha value is -4.31. The number of H-pyrrole nitrogens is 1. The molecule has 1 aliphatic rings. The number of carbonyl (C=O) groups is 1. The van der Waals surface area contributed by atoms with Gasteiger partial charge in [-0.05, 0) is 78.0 Å². The number of aliphatic hydroxyl groups is 1. The largest absolute Gasteiger partial charge is 0.458 e. The van der Waals surface area contributed by atoms with Gasteiger partial charge in [-0.25, -0.2) is 9.78 Å². The van der Waals surface area contributed by atoms with Crippen LogP contribution in [0.1, 0.15) is 52.0 Å². The third-order valence-corrected chi connectivity index (χ3v) is 7.28. The zero-order valence-corrected chi connectivity index (χ0v) is 24.3. The van der Waals surface area contributed by atoms with Crippen LogP contribution in [0, 0.1) is 11.3 Å². The van der Waals surface area contributed by atoms with Gasteiger partial charge < -0.3 is 24.9 Å². The summed E-state index contributed by atoms with van der Waals surface area (Å²) in [4.78, 5) is 34.6. The molecule has 1 saturated heterocycles. The Morgan fingerprint density at radius 2 is 2.12 bits per heavy atom. The van der Waals surface area contributed by atoms with Crippen LogP contribution < -0.4 is 10.9 Å². The quantitative estimate of drug-likeness (QED) is 0.220. The number of aliphatic hydroxyl groups excluding tert-OH is 1. The standard InChI is InChI=1S/C30H35N7O5/c1-29(2,3)42-28(40)23-10-12-30(13-14-31,17-41-23)37-22-11-15-32-26(38)24(22)25(35-37)33-19-7-9-20-18(16-19)6-8-21(34-20)27(39)36(4)5/h6-9,11,15-16,23,27,39H,10,12-13,17H2,1-5H3,(H,32,38)(H,33,35)/t23?,27?,30-/m0/s1. The average Bonchev–Trinajstić information content (AvgIpc) is 3.32. The Kier molecular flexibility index (Phi) is 7.76. The van der Waals surface area contributed by atoms with Crippen molar-refractivity contribution in [3.8, 4) is 6.07 Å². The summed E-state index contributed by atoms with van der Waals surface area (Å²) in [6, 6.07) is 13.2. The lowest BCUT2D eigenvalue weighted by Crippen LogP contribution is -2.47. The molecule has 5 rings (SSSR count). The minimum absolute atomic E-state index is 0.0519. The van der Waals surface area contributed by atoms with Gasteiger partial charge in [-0.2, -0.15) is 10.4 Å². The van der Waals surface area contributed by atoms with E-state index < -0.39 is 29.4 Å². The van der Waals surface area contributed by atoms with Gasteiger partial charge in [0, 0.05) is 17.3 Å². The predicted molar refractivity (Wildman–Crippen MR) is 157 cm³/mol. The number of nitriles is 1. The third kappa shape index (κ3) is 5.72. The van der Waals surface area contributed by atoms with Gasteiger partial charge in [0.2, 0.25) is 0 Å². The van der Waals surface area contributed by atoms with Crippen molar-refractivity contribution in [1.82, 2.24) is 24.6 Å². The molecule has 1 aliphatic heterocycles. The van der Waals surface area contributed by atoms with Gasteiger partial charge in [0.1, 0.15) is 17.2 Å². The third-order valence-electron chi connectivity index (χ3n) is 7.28. The molecule has 220 valence electrons. The Morgan fingerprint density at radius 3 is 2.79 bits per heavy atom. The molecular weight excluding hydrogens is 538 g/mol. The molecule has 2 unspecified atom stereocenters. The van der Waals surface area contributed by atoms with E-state index in [1.54, 1.807) is 62.8 Å². The van der Waals surface area contributed by atoms with Crippen molar-refractivity contribution in [3.63, 3.8) is 0 Å². The highest BCUT2D eigenvalue weighted by atomic mass is 16.6. The number of aromatic nitrogens is 4. The molecule has 0 amide bonds. The second kappa shape index (κ2) is 11.2. The fourth-order valence-electron chi connectivity index (χ4n) is 5.18. The van der Waals surface area contributed by atoms with E-state index >= 15 is 0 Å². The first kappa shape index (κ1) is 29.2. The first-order valence-corrected chi connectivity index (χ1v) is 13.8. The number of rotatable bonds is 7. The van der Waals surface area contributed by atoms with Gasteiger partial charge in [-0.15, -0.1) is 0 Å². The molecule has 3 atom stereocenters. The number of esters is 1. The summed E-state index contributed by atoms with van der Waals surface area (Å²) in [7, 11) is 3.54. The number of ether oxygens (including phenoxy) is 2. The first-order chi connectivity index (χ1) is 19.9. The lowest BCUT2D eigenvalue weighted by atomic mass is 9.87. The van der Waals surface area contributed by atoms with Crippen molar-refractivity contribution in [1.29, 1.82) is 5.26 Å². The number of aromatic amines is 1. The summed E-state index contributed by atoms with van der Waals surface area (Å²) in [6.07, 6.45) is 0.811. The van der Waals surface area contributed by atoms with Crippen molar-refractivity contribution in [2.75, 3.05) is 26.0 Å². The summed E-state index contributed by atoms with van der Waals surface area (Å²) in [5.74, 6) is -0.114. The van der Waals surface area contributed by atoms with E-state index in [2.05, 4.69) is 21.4 Å². The SMILES string of the molecule is CN(C)C(O)c1ccc2cc(Nc3nn([C@]4(CC#N)CCC(C(=O)OC(C)(C)C)OC4)c4cc[nH]c(=O)c34)ccc2n1. The number of hydrogen-bond acceptors (Lipinski definition) is 10. The molecule has 12 heteroatoms. The number of pyridine rings is 2. The zero-order valence-electron chi connectivity index (χ0n) is 24.3. The fraction of sp³-hybridized carbons (Fsp3) is 0.433. The zero-order chi connectivity index (χ0) is 30.2. The van der Waals surface area contributed by atoms with Crippen LogP contribution in [0.5, 0.6) is 0 Å². The maximum absolute atomic E-state index is 13.0. The summed E-state index contributed by atoms with van der Waals surface area (Å²) in [5.41, 5.74) is 0.600. The van der Waals surface area contributed by atoms with Gasteiger partial charge in [0.25, 0.3) is 5.56 Å². The molecular formula is C30H35N7O5. The average molecular weight is 574 g/mol. The van der Waals surface area contributed by atoms with Gasteiger partial charge in [-0.3, -0.25) is 14.4 Å². The Bertz CT molecular complexity index is 1720. The molecule has 1 aromatic carbocycles. The van der Waals surface area contributed by atoms with Gasteiger partial charge >= 0.3 is 5.97 Å². The van der Waals surface area contributed by atoms with Crippen LogP contribution >= 0.6 is 0 Å². The van der Waals surface area contributed by atoms with Crippen molar-refractivity contribution < 1.29 is 19.4 Å². The second-order valence-corrected chi connectivity index (χ2v) is 11.9. The monoisotopic (exact) mass is 573 g/mol. The van der Waals surface area contributed by atoms with Crippen LogP contribution in [-0.4, -0.2) is 68.1 Å². The molecule has 42 heavy (non-hydrogen) atoms. The Morgan fingerprint density at radius 1 is 1.33 bits per heavy atom. The highest BCUT2D eigenvalue weighted by Crippen LogP contribution is 2.37. The lowest BCUT2D eigenvalue weighted by molar-refractivity contribution is -0.176. The normalized spacial score (nSPS) is 20.0. The molecule has 0 bridgehead atoms. The summed E-state index contributed by atoms with van der Waals surface area (Å²) in [6.45, 7) is 5.45. The van der Waals surface area contributed by atoms with Crippen molar-refractivity contribution in [3.05, 3.63) is 58.6 Å². The smallest absolute Gasteiger partial charge is 0.335 e. The number of anilines is 2. The molecule has 0 aliphatic carbocycles. The number of carbonyl (C=O) groups excluding carboxylic acids is 1. The highest BCUT2D eigenvalue weighted by molar-refractivity contribution is 5.92. The second-order valence-electron chi connectivity index (χ2n) is 11.9. The lowest BCUT2D eigenvalue weighted by Gasteiger charge is -2.39. The molecule has 3 N–H and O–H groups in total. The van der Waals surface area contributed by atoms with E-state index in [9.17, 15) is 20.0 Å². The topological polar surface area (TPSA) is 158 Å². The minimum atomic E-state index is -0.893. The molecule has 0 saturated carbocycles. The maximum Gasteiger partial charge on any atom is 0.335 e. The van der Waals surface area contributed by atoms with Crippen molar-refractivity contribution >= 4 is 39.3 Å². The van der Waals surface area contributed by atoms with Crippen LogP contribution in [0.15, 0.2) is 47.4 Å². The summed E-state index contributed by atoms with van der Waals surface area (Å²) < 4.78 is 13.2. The molecule has 12 nitrogen and oxygen atoms in total. The molecule has 0 radical (unpaired) electrons. The van der Waals surface area contributed by atoms with Crippen LogP contribution in [0.4, 0.5) is 11.5 Å². The predicted octanol–water partition coefficient (Wildman–Crippen LogP) is 3.70. The number of nitrogens with one attached hydrogen (secondary N) is 2. The van der Waals surface area contributed by atoms with E-state index in [0.717, 1.165) is 5.39 Å².